The summed E-state index contributed by atoms with van der Waals surface area (Å²) in [6.07, 6.45) is 7.48. The van der Waals surface area contributed by atoms with E-state index in [1.165, 1.54) is 12.8 Å². The van der Waals surface area contributed by atoms with E-state index >= 15 is 0 Å². The Labute approximate surface area is 159 Å². The van der Waals surface area contributed by atoms with E-state index in [1.807, 2.05) is 43.6 Å². The van der Waals surface area contributed by atoms with E-state index in [0.717, 1.165) is 48.1 Å². The van der Waals surface area contributed by atoms with Gasteiger partial charge in [-0.25, -0.2) is 9.97 Å². The Bertz CT molecular complexity index is 897. The van der Waals surface area contributed by atoms with Crippen molar-refractivity contribution in [3.63, 3.8) is 0 Å². The van der Waals surface area contributed by atoms with Crippen LogP contribution >= 0.6 is 0 Å². The number of likely N-dealkylation sites (tertiary alicyclic amines) is 1. The smallest absolute Gasteiger partial charge is 0.226 e. The number of hydrogen-bond acceptors (Lipinski definition) is 5. The zero-order valence-corrected chi connectivity index (χ0v) is 16.2. The van der Waals surface area contributed by atoms with E-state index in [0.29, 0.717) is 11.9 Å². The van der Waals surface area contributed by atoms with Crippen LogP contribution in [-0.4, -0.2) is 33.1 Å². The lowest BCUT2D eigenvalue weighted by molar-refractivity contribution is 0.129. The highest BCUT2D eigenvalue weighted by Crippen LogP contribution is 2.32. The molecule has 1 aliphatic rings. The summed E-state index contributed by atoms with van der Waals surface area (Å²) in [4.78, 5) is 11.9. The molecule has 6 nitrogen and oxygen atoms in total. The zero-order valence-electron chi connectivity index (χ0n) is 16.2. The Morgan fingerprint density at radius 2 is 2.04 bits per heavy atom. The van der Waals surface area contributed by atoms with Crippen LogP contribution in [0.15, 0.2) is 41.1 Å². The number of rotatable bonds is 5. The molecule has 0 amide bonds. The molecule has 6 heteroatoms. The summed E-state index contributed by atoms with van der Waals surface area (Å²) in [5, 5.41) is 0. The molecular weight excluding hydrogens is 340 g/mol. The quantitative estimate of drug-likeness (QED) is 0.680. The number of nitrogens with zero attached hydrogens (tertiary/aromatic N) is 4. The van der Waals surface area contributed by atoms with E-state index in [-0.39, 0.29) is 0 Å². The molecule has 2 aromatic heterocycles. The lowest BCUT2D eigenvalue weighted by Crippen LogP contribution is -2.34. The van der Waals surface area contributed by atoms with Crippen LogP contribution in [0.3, 0.4) is 0 Å². The number of piperidine rings is 1. The van der Waals surface area contributed by atoms with E-state index in [2.05, 4.69) is 21.5 Å². The predicted molar refractivity (Wildman–Crippen MR) is 103 cm³/mol. The first-order valence-corrected chi connectivity index (χ1v) is 9.47. The molecule has 1 aromatic carbocycles. The molecule has 0 bridgehead atoms. The molecule has 1 atom stereocenters. The van der Waals surface area contributed by atoms with E-state index in [9.17, 15) is 0 Å². The molecule has 0 saturated carbocycles. The Balaban J connectivity index is 1.56. The van der Waals surface area contributed by atoms with Crippen LogP contribution < -0.4 is 4.74 Å². The second-order valence-electron chi connectivity index (χ2n) is 7.13. The topological polar surface area (TPSA) is 56.3 Å². The second kappa shape index (κ2) is 7.56. The monoisotopic (exact) mass is 366 g/mol. The molecule has 142 valence electrons. The van der Waals surface area contributed by atoms with Crippen molar-refractivity contribution in [1.29, 1.82) is 0 Å². The van der Waals surface area contributed by atoms with Crippen LogP contribution in [0.5, 0.6) is 5.75 Å². The first-order valence-electron chi connectivity index (χ1n) is 9.47. The Hall–Kier alpha value is -2.60. The molecule has 1 fully saturated rings. The maximum Gasteiger partial charge on any atom is 0.226 e. The second-order valence-corrected chi connectivity index (χ2v) is 7.13. The normalized spacial score (nSPS) is 18.0. The average molecular weight is 366 g/mol. The molecule has 0 aliphatic carbocycles. The highest BCUT2D eigenvalue weighted by Gasteiger charge is 2.28. The van der Waals surface area contributed by atoms with Crippen molar-refractivity contribution in [2.75, 3.05) is 13.7 Å². The van der Waals surface area contributed by atoms with Gasteiger partial charge < -0.3 is 13.7 Å². The summed E-state index contributed by atoms with van der Waals surface area (Å²) in [7, 11) is 3.73. The number of methoxy groups -OCH3 is 1. The van der Waals surface area contributed by atoms with Gasteiger partial charge in [0, 0.05) is 31.5 Å². The van der Waals surface area contributed by atoms with Crippen LogP contribution in [0.25, 0.3) is 11.5 Å². The van der Waals surface area contributed by atoms with Crippen molar-refractivity contribution < 1.29 is 9.15 Å². The summed E-state index contributed by atoms with van der Waals surface area (Å²) in [6.45, 7) is 3.83. The van der Waals surface area contributed by atoms with Crippen molar-refractivity contribution in [2.24, 2.45) is 7.05 Å². The van der Waals surface area contributed by atoms with Gasteiger partial charge in [-0.3, -0.25) is 4.90 Å². The number of oxazole rings is 1. The van der Waals surface area contributed by atoms with Crippen LogP contribution in [0.2, 0.25) is 0 Å². The van der Waals surface area contributed by atoms with Gasteiger partial charge in [0.1, 0.15) is 17.3 Å². The number of ether oxygens (including phenoxy) is 1. The summed E-state index contributed by atoms with van der Waals surface area (Å²) in [5.41, 5.74) is 1.96. The van der Waals surface area contributed by atoms with E-state index < -0.39 is 0 Å². The number of aromatic nitrogens is 3. The molecule has 3 aromatic rings. The summed E-state index contributed by atoms with van der Waals surface area (Å²) in [5.74, 6) is 3.50. The van der Waals surface area contributed by atoms with Gasteiger partial charge in [0.2, 0.25) is 5.89 Å². The van der Waals surface area contributed by atoms with Gasteiger partial charge in [-0.1, -0.05) is 6.42 Å². The molecule has 4 rings (SSSR count). The first-order chi connectivity index (χ1) is 13.2. The number of aryl methyl sites for hydroxylation is 2. The fourth-order valence-corrected chi connectivity index (χ4v) is 3.80. The number of benzene rings is 1. The van der Waals surface area contributed by atoms with Crippen molar-refractivity contribution in [3.8, 4) is 17.2 Å². The van der Waals surface area contributed by atoms with Crippen LogP contribution in [0.1, 0.15) is 42.6 Å². The fourth-order valence-electron chi connectivity index (χ4n) is 3.80. The third-order valence-corrected chi connectivity index (χ3v) is 5.35. The first kappa shape index (κ1) is 17.8. The molecule has 0 unspecified atom stereocenters. The Morgan fingerprint density at radius 1 is 1.22 bits per heavy atom. The molecule has 27 heavy (non-hydrogen) atoms. The third kappa shape index (κ3) is 3.62. The van der Waals surface area contributed by atoms with E-state index in [1.54, 1.807) is 7.11 Å². The highest BCUT2D eigenvalue weighted by molar-refractivity contribution is 5.55. The van der Waals surface area contributed by atoms with Gasteiger partial charge in [-0.2, -0.15) is 0 Å². The predicted octanol–water partition coefficient (Wildman–Crippen LogP) is 4.12. The lowest BCUT2D eigenvalue weighted by Gasteiger charge is -2.34. The SMILES string of the molecule is COc1ccc(-c2nc(CN3CCCC[C@@H]3c3nccn3C)c(C)o2)cc1. The van der Waals surface area contributed by atoms with Gasteiger partial charge in [0.05, 0.1) is 18.8 Å². The van der Waals surface area contributed by atoms with Crippen molar-refractivity contribution >= 4 is 0 Å². The molecule has 1 aliphatic heterocycles. The van der Waals surface area contributed by atoms with Gasteiger partial charge in [-0.15, -0.1) is 0 Å². The maximum absolute atomic E-state index is 5.97. The Kier molecular flexibility index (Phi) is 4.99. The van der Waals surface area contributed by atoms with Crippen LogP contribution in [0, 0.1) is 6.92 Å². The third-order valence-electron chi connectivity index (χ3n) is 5.35. The molecule has 3 heterocycles. The summed E-state index contributed by atoms with van der Waals surface area (Å²) in [6, 6.07) is 8.14. The minimum Gasteiger partial charge on any atom is -0.497 e. The minimum absolute atomic E-state index is 0.333. The van der Waals surface area contributed by atoms with Gasteiger partial charge in [0.15, 0.2) is 0 Å². The van der Waals surface area contributed by atoms with Gasteiger partial charge >= 0.3 is 0 Å². The largest absolute Gasteiger partial charge is 0.497 e. The van der Waals surface area contributed by atoms with Crippen LogP contribution in [0.4, 0.5) is 0 Å². The standard InChI is InChI=1S/C21H26N4O2/c1-15-18(23-21(27-15)16-7-9-17(26-3)10-8-16)14-25-12-5-4-6-19(25)20-22-11-13-24(20)2/h7-11,13,19H,4-6,12,14H2,1-3H3/t19-/m1/s1. The molecular formula is C21H26N4O2. The van der Waals surface area contributed by atoms with Gasteiger partial charge in [-0.05, 0) is 50.6 Å². The van der Waals surface area contributed by atoms with Crippen molar-refractivity contribution in [2.45, 2.75) is 38.8 Å². The summed E-state index contributed by atoms with van der Waals surface area (Å²) >= 11 is 0. The minimum atomic E-state index is 0.333. The van der Waals surface area contributed by atoms with E-state index in [4.69, 9.17) is 14.1 Å². The van der Waals surface area contributed by atoms with Crippen molar-refractivity contribution in [3.05, 3.63) is 53.9 Å². The zero-order chi connectivity index (χ0) is 18.8. The molecule has 0 N–H and O–H groups in total. The Morgan fingerprint density at radius 3 is 2.74 bits per heavy atom. The highest BCUT2D eigenvalue weighted by atomic mass is 16.5. The number of imidazole rings is 1. The number of hydrogen-bond donors (Lipinski definition) is 0. The molecule has 1 saturated heterocycles. The molecule has 0 radical (unpaired) electrons. The fraction of sp³-hybridized carbons (Fsp3) is 0.429. The average Bonchev–Trinajstić information content (AvgIpc) is 3.28. The maximum atomic E-state index is 5.97. The van der Waals surface area contributed by atoms with Gasteiger partial charge in [0.25, 0.3) is 0 Å². The summed E-state index contributed by atoms with van der Waals surface area (Å²) < 4.78 is 13.3. The lowest BCUT2D eigenvalue weighted by atomic mass is 10.0. The van der Waals surface area contributed by atoms with Crippen molar-refractivity contribution in [1.82, 2.24) is 19.4 Å². The molecule has 0 spiro atoms. The van der Waals surface area contributed by atoms with Crippen LogP contribution in [-0.2, 0) is 13.6 Å².